The number of aryl methyl sites for hydroxylation is 2. The third-order valence-corrected chi connectivity index (χ3v) is 4.22. The van der Waals surface area contributed by atoms with Gasteiger partial charge in [-0.1, -0.05) is 11.6 Å². The summed E-state index contributed by atoms with van der Waals surface area (Å²) < 4.78 is 5.73. The van der Waals surface area contributed by atoms with Gasteiger partial charge in [0.1, 0.15) is 5.75 Å². The SMILES string of the molecule is Cc1nc(NC(=O)C(C)(C)Oc2ccc(Cl)cc2)sc1C. The molecule has 1 N–H and O–H groups in total. The van der Waals surface area contributed by atoms with E-state index in [4.69, 9.17) is 16.3 Å². The summed E-state index contributed by atoms with van der Waals surface area (Å²) in [6.45, 7) is 7.31. The van der Waals surface area contributed by atoms with Crippen molar-refractivity contribution in [2.45, 2.75) is 33.3 Å². The minimum atomic E-state index is -1.01. The lowest BCUT2D eigenvalue weighted by atomic mass is 10.1. The molecule has 0 atom stereocenters. The molecule has 0 aliphatic heterocycles. The number of carbonyl (C=O) groups excluding carboxylic acids is 1. The molecule has 0 spiro atoms. The molecular formula is C15H17ClN2O2S. The van der Waals surface area contributed by atoms with E-state index < -0.39 is 5.60 Å². The van der Waals surface area contributed by atoms with E-state index >= 15 is 0 Å². The molecule has 0 unspecified atom stereocenters. The summed E-state index contributed by atoms with van der Waals surface area (Å²) in [4.78, 5) is 17.7. The van der Waals surface area contributed by atoms with Crippen LogP contribution in [-0.4, -0.2) is 16.5 Å². The van der Waals surface area contributed by atoms with Crippen LogP contribution in [0.3, 0.4) is 0 Å². The highest BCUT2D eigenvalue weighted by atomic mass is 35.5. The average Bonchev–Trinajstić information content (AvgIpc) is 2.71. The van der Waals surface area contributed by atoms with Gasteiger partial charge in [0.25, 0.3) is 5.91 Å². The van der Waals surface area contributed by atoms with Crippen LogP contribution < -0.4 is 10.1 Å². The van der Waals surface area contributed by atoms with E-state index in [0.29, 0.717) is 15.9 Å². The predicted molar refractivity (Wildman–Crippen MR) is 86.4 cm³/mol. The summed E-state index contributed by atoms with van der Waals surface area (Å²) in [5.41, 5.74) is -0.0897. The zero-order valence-electron chi connectivity index (χ0n) is 12.4. The summed E-state index contributed by atoms with van der Waals surface area (Å²) in [6.07, 6.45) is 0. The maximum atomic E-state index is 12.3. The first-order valence-electron chi connectivity index (χ1n) is 6.48. The number of anilines is 1. The van der Waals surface area contributed by atoms with Crippen LogP contribution in [0.5, 0.6) is 5.75 Å². The van der Waals surface area contributed by atoms with Gasteiger partial charge in [-0.05, 0) is 52.0 Å². The monoisotopic (exact) mass is 324 g/mol. The maximum absolute atomic E-state index is 12.3. The molecule has 1 heterocycles. The number of amides is 1. The van der Waals surface area contributed by atoms with E-state index in [1.165, 1.54) is 11.3 Å². The van der Waals surface area contributed by atoms with Crippen molar-refractivity contribution < 1.29 is 9.53 Å². The van der Waals surface area contributed by atoms with E-state index in [-0.39, 0.29) is 5.91 Å². The van der Waals surface area contributed by atoms with Gasteiger partial charge in [-0.25, -0.2) is 4.98 Å². The lowest BCUT2D eigenvalue weighted by Gasteiger charge is -2.24. The number of hydrogen-bond donors (Lipinski definition) is 1. The van der Waals surface area contributed by atoms with Crippen molar-refractivity contribution in [3.05, 3.63) is 39.9 Å². The van der Waals surface area contributed by atoms with E-state index in [0.717, 1.165) is 10.6 Å². The topological polar surface area (TPSA) is 51.2 Å². The molecule has 112 valence electrons. The highest BCUT2D eigenvalue weighted by Crippen LogP contribution is 2.25. The fourth-order valence-corrected chi connectivity index (χ4v) is 2.55. The number of ether oxygens (including phenoxy) is 1. The smallest absolute Gasteiger partial charge is 0.269 e. The Bertz CT molecular complexity index is 631. The summed E-state index contributed by atoms with van der Waals surface area (Å²) in [7, 11) is 0. The first kappa shape index (κ1) is 15.8. The normalized spacial score (nSPS) is 11.3. The second-order valence-electron chi connectivity index (χ2n) is 5.18. The molecule has 0 saturated carbocycles. The Kier molecular flexibility index (Phi) is 4.54. The van der Waals surface area contributed by atoms with Crippen LogP contribution in [0.25, 0.3) is 0 Å². The molecular weight excluding hydrogens is 308 g/mol. The second kappa shape index (κ2) is 6.03. The fraction of sp³-hybridized carbons (Fsp3) is 0.333. The number of nitrogens with one attached hydrogen (secondary N) is 1. The lowest BCUT2D eigenvalue weighted by molar-refractivity contribution is -0.128. The summed E-state index contributed by atoms with van der Waals surface area (Å²) in [6, 6.07) is 6.90. The van der Waals surface area contributed by atoms with Crippen LogP contribution in [0.15, 0.2) is 24.3 Å². The van der Waals surface area contributed by atoms with Gasteiger partial charge >= 0.3 is 0 Å². The van der Waals surface area contributed by atoms with Crippen molar-refractivity contribution in [2.24, 2.45) is 0 Å². The predicted octanol–water partition coefficient (Wildman–Crippen LogP) is 4.21. The van der Waals surface area contributed by atoms with Crippen molar-refractivity contribution in [1.29, 1.82) is 0 Å². The number of aromatic nitrogens is 1. The van der Waals surface area contributed by atoms with Crippen molar-refractivity contribution in [2.75, 3.05) is 5.32 Å². The molecule has 2 aromatic rings. The van der Waals surface area contributed by atoms with E-state index in [9.17, 15) is 4.79 Å². The Hall–Kier alpha value is -1.59. The number of halogens is 1. The van der Waals surface area contributed by atoms with Gasteiger partial charge in [-0.2, -0.15) is 0 Å². The van der Waals surface area contributed by atoms with Crippen molar-refractivity contribution in [1.82, 2.24) is 4.98 Å². The number of carbonyl (C=O) groups is 1. The Morgan fingerprint density at radius 1 is 1.29 bits per heavy atom. The Labute approximate surface area is 133 Å². The Morgan fingerprint density at radius 2 is 1.90 bits per heavy atom. The first-order chi connectivity index (χ1) is 9.78. The molecule has 6 heteroatoms. The van der Waals surface area contributed by atoms with Gasteiger partial charge in [0.05, 0.1) is 5.69 Å². The highest BCUT2D eigenvalue weighted by molar-refractivity contribution is 7.15. The van der Waals surface area contributed by atoms with Crippen LogP contribution in [-0.2, 0) is 4.79 Å². The van der Waals surface area contributed by atoms with Gasteiger partial charge in [0.2, 0.25) is 0 Å². The van der Waals surface area contributed by atoms with Crippen LogP contribution in [0, 0.1) is 13.8 Å². The third kappa shape index (κ3) is 3.95. The number of nitrogens with zero attached hydrogens (tertiary/aromatic N) is 1. The van der Waals surface area contributed by atoms with Gasteiger partial charge in [0.15, 0.2) is 10.7 Å². The van der Waals surface area contributed by atoms with Gasteiger partial charge in [0, 0.05) is 9.90 Å². The Balaban J connectivity index is 2.07. The number of hydrogen-bond acceptors (Lipinski definition) is 4. The summed E-state index contributed by atoms with van der Waals surface area (Å²) >= 11 is 7.28. The average molecular weight is 325 g/mol. The molecule has 1 aromatic carbocycles. The second-order valence-corrected chi connectivity index (χ2v) is 6.82. The minimum Gasteiger partial charge on any atom is -0.478 e. The van der Waals surface area contributed by atoms with Crippen molar-refractivity contribution >= 4 is 34.0 Å². The standard InChI is InChI=1S/C15H17ClN2O2S/c1-9-10(2)21-14(17-9)18-13(19)15(3,4)20-12-7-5-11(16)6-8-12/h5-8H,1-4H3,(H,17,18,19). The third-order valence-electron chi connectivity index (χ3n) is 2.98. The molecule has 0 radical (unpaired) electrons. The maximum Gasteiger partial charge on any atom is 0.269 e. The Morgan fingerprint density at radius 3 is 2.43 bits per heavy atom. The van der Waals surface area contributed by atoms with Crippen LogP contribution in [0.4, 0.5) is 5.13 Å². The minimum absolute atomic E-state index is 0.244. The number of thiazole rings is 1. The molecule has 0 bridgehead atoms. The van der Waals surface area contributed by atoms with Crippen molar-refractivity contribution in [3.8, 4) is 5.75 Å². The van der Waals surface area contributed by atoms with Gasteiger partial charge in [-0.3, -0.25) is 10.1 Å². The quantitative estimate of drug-likeness (QED) is 0.916. The molecule has 4 nitrogen and oxygen atoms in total. The number of benzene rings is 1. The van der Waals surface area contributed by atoms with Crippen molar-refractivity contribution in [3.63, 3.8) is 0 Å². The first-order valence-corrected chi connectivity index (χ1v) is 7.67. The van der Waals surface area contributed by atoms with Crippen LogP contribution in [0.1, 0.15) is 24.4 Å². The number of rotatable bonds is 4. The highest BCUT2D eigenvalue weighted by Gasteiger charge is 2.30. The van der Waals surface area contributed by atoms with Crippen LogP contribution in [0.2, 0.25) is 5.02 Å². The van der Waals surface area contributed by atoms with Crippen LogP contribution >= 0.6 is 22.9 Å². The summed E-state index contributed by atoms with van der Waals surface area (Å²) in [5, 5.41) is 4.00. The van der Waals surface area contributed by atoms with Gasteiger partial charge in [-0.15, -0.1) is 11.3 Å². The van der Waals surface area contributed by atoms with E-state index in [2.05, 4.69) is 10.3 Å². The largest absolute Gasteiger partial charge is 0.478 e. The molecule has 0 aliphatic carbocycles. The fourth-order valence-electron chi connectivity index (χ4n) is 1.62. The molecule has 1 amide bonds. The van der Waals surface area contributed by atoms with Gasteiger partial charge < -0.3 is 4.74 Å². The molecule has 0 fully saturated rings. The molecule has 0 saturated heterocycles. The van der Waals surface area contributed by atoms with E-state index in [1.807, 2.05) is 13.8 Å². The van der Waals surface area contributed by atoms with E-state index in [1.54, 1.807) is 38.1 Å². The zero-order chi connectivity index (χ0) is 15.6. The summed E-state index contributed by atoms with van der Waals surface area (Å²) in [5.74, 6) is 0.345. The zero-order valence-corrected chi connectivity index (χ0v) is 13.9. The molecule has 0 aliphatic rings. The lowest BCUT2D eigenvalue weighted by Crippen LogP contribution is -2.42. The molecule has 21 heavy (non-hydrogen) atoms. The molecule has 1 aromatic heterocycles. The molecule has 2 rings (SSSR count).